The molecule has 11 nitrogen and oxygen atoms in total. The number of carboxylic acids is 4. The van der Waals surface area contributed by atoms with Crippen LogP contribution < -0.4 is 0 Å². The molecular formula is C45H92O11. The molecule has 0 saturated carbocycles. The second kappa shape index (κ2) is 52.8. The zero-order valence-corrected chi connectivity index (χ0v) is 37.3. The predicted molar refractivity (Wildman–Crippen MR) is 230 cm³/mol. The van der Waals surface area contributed by atoms with Gasteiger partial charge < -0.3 is 35.7 Å². The molecule has 3 atom stereocenters. The maximum absolute atomic E-state index is 10.4. The number of aliphatic hydroxyl groups is 3. The topological polar surface area (TPSA) is 210 Å². The second-order valence-corrected chi connectivity index (χ2v) is 14.9. The molecule has 0 amide bonds. The van der Waals surface area contributed by atoms with Gasteiger partial charge in [-0.1, -0.05) is 177 Å². The Labute approximate surface area is 343 Å². The van der Waals surface area contributed by atoms with Crippen LogP contribution in [0.2, 0.25) is 0 Å². The molecule has 0 aliphatic heterocycles. The Bertz CT molecular complexity index is 756. The fourth-order valence-electron chi connectivity index (χ4n) is 5.56. The van der Waals surface area contributed by atoms with E-state index in [1.165, 1.54) is 83.5 Å². The van der Waals surface area contributed by atoms with Crippen molar-refractivity contribution in [2.24, 2.45) is 17.8 Å². The van der Waals surface area contributed by atoms with Gasteiger partial charge in [-0.05, 0) is 44.9 Å². The first kappa shape index (κ1) is 62.9. The molecule has 0 spiro atoms. The molecule has 0 aliphatic carbocycles. The van der Waals surface area contributed by atoms with E-state index in [4.69, 9.17) is 35.7 Å². The molecule has 7 N–H and O–H groups in total. The van der Waals surface area contributed by atoms with Gasteiger partial charge in [-0.3, -0.25) is 19.2 Å². The van der Waals surface area contributed by atoms with Crippen molar-refractivity contribution in [1.29, 1.82) is 0 Å². The highest BCUT2D eigenvalue weighted by molar-refractivity contribution is 5.70. The van der Waals surface area contributed by atoms with Crippen molar-refractivity contribution in [3.8, 4) is 0 Å². The molecule has 3 unspecified atom stereocenters. The van der Waals surface area contributed by atoms with Gasteiger partial charge in [0, 0.05) is 6.42 Å². The zero-order chi connectivity index (χ0) is 43.8. The van der Waals surface area contributed by atoms with Crippen molar-refractivity contribution in [2.75, 3.05) is 13.2 Å². The molecule has 0 rings (SSSR count). The molecule has 0 heterocycles. The minimum Gasteiger partial charge on any atom is -0.481 e. The summed E-state index contributed by atoms with van der Waals surface area (Å²) >= 11 is 0. The van der Waals surface area contributed by atoms with Crippen molar-refractivity contribution < 1.29 is 54.9 Å². The number of hydrogen-bond acceptors (Lipinski definition) is 7. The lowest BCUT2D eigenvalue weighted by atomic mass is 10.00. The van der Waals surface area contributed by atoms with Crippen LogP contribution in [-0.4, -0.2) is 78.9 Å². The third-order valence-electron chi connectivity index (χ3n) is 9.66. The maximum atomic E-state index is 10.4. The van der Waals surface area contributed by atoms with E-state index in [1.54, 1.807) is 0 Å². The minimum absolute atomic E-state index is 0.111. The molecule has 0 bridgehead atoms. The van der Waals surface area contributed by atoms with Crippen LogP contribution in [0, 0.1) is 17.8 Å². The summed E-state index contributed by atoms with van der Waals surface area (Å²) in [6.07, 6.45) is 30.4. The Morgan fingerprint density at radius 1 is 0.375 bits per heavy atom. The average molecular weight is 809 g/mol. The molecule has 338 valence electrons. The van der Waals surface area contributed by atoms with Gasteiger partial charge in [0.1, 0.15) is 6.10 Å². The summed E-state index contributed by atoms with van der Waals surface area (Å²) in [5.74, 6) is -2.91. The largest absolute Gasteiger partial charge is 0.481 e. The molecule has 0 aliphatic rings. The van der Waals surface area contributed by atoms with Gasteiger partial charge in [0.25, 0.3) is 0 Å². The van der Waals surface area contributed by atoms with E-state index in [0.717, 1.165) is 89.9 Å². The van der Waals surface area contributed by atoms with Crippen molar-refractivity contribution >= 4 is 23.9 Å². The lowest BCUT2D eigenvalue weighted by Gasteiger charge is -2.06. The highest BCUT2D eigenvalue weighted by Gasteiger charge is 2.14. The smallest absolute Gasteiger partial charge is 0.306 e. The van der Waals surface area contributed by atoms with Crippen molar-refractivity contribution in [3.63, 3.8) is 0 Å². The number of aliphatic carboxylic acids is 4. The first-order chi connectivity index (χ1) is 26.7. The zero-order valence-electron chi connectivity index (χ0n) is 37.3. The van der Waals surface area contributed by atoms with Crippen molar-refractivity contribution in [1.82, 2.24) is 0 Å². The summed E-state index contributed by atoms with van der Waals surface area (Å²) in [4.78, 5) is 41.6. The molecule has 0 aromatic rings. The van der Waals surface area contributed by atoms with Crippen LogP contribution in [0.15, 0.2) is 0 Å². The third kappa shape index (κ3) is 56.1. The quantitative estimate of drug-likeness (QED) is 0.0310. The van der Waals surface area contributed by atoms with E-state index in [0.29, 0.717) is 6.42 Å². The van der Waals surface area contributed by atoms with Crippen LogP contribution in [0.5, 0.6) is 0 Å². The van der Waals surface area contributed by atoms with Crippen LogP contribution >= 0.6 is 0 Å². The van der Waals surface area contributed by atoms with Crippen molar-refractivity contribution in [2.45, 2.75) is 234 Å². The number of carboxylic acid groups (broad SMARTS) is 4. The Morgan fingerprint density at radius 2 is 0.607 bits per heavy atom. The summed E-state index contributed by atoms with van der Waals surface area (Å²) in [5, 5.41) is 58.3. The molecule has 56 heavy (non-hydrogen) atoms. The molecule has 11 heteroatoms. The van der Waals surface area contributed by atoms with E-state index in [9.17, 15) is 19.2 Å². The van der Waals surface area contributed by atoms with E-state index in [2.05, 4.69) is 27.7 Å². The fourth-order valence-corrected chi connectivity index (χ4v) is 5.56. The van der Waals surface area contributed by atoms with Gasteiger partial charge >= 0.3 is 23.9 Å². The van der Waals surface area contributed by atoms with E-state index < -0.39 is 30.0 Å². The van der Waals surface area contributed by atoms with Crippen molar-refractivity contribution in [3.05, 3.63) is 0 Å². The molecule has 0 fully saturated rings. The van der Waals surface area contributed by atoms with Crippen LogP contribution in [0.25, 0.3) is 0 Å². The van der Waals surface area contributed by atoms with E-state index in [1.807, 2.05) is 20.8 Å². The minimum atomic E-state index is -0.954. The lowest BCUT2D eigenvalue weighted by molar-refractivity contribution is -0.143. The van der Waals surface area contributed by atoms with Gasteiger partial charge in [-0.15, -0.1) is 0 Å². The summed E-state index contributed by atoms with van der Waals surface area (Å²) in [5.41, 5.74) is 0. The summed E-state index contributed by atoms with van der Waals surface area (Å²) in [6, 6.07) is 0. The van der Waals surface area contributed by atoms with Gasteiger partial charge in [0.2, 0.25) is 0 Å². The first-order valence-electron chi connectivity index (χ1n) is 22.5. The van der Waals surface area contributed by atoms with E-state index in [-0.39, 0.29) is 31.0 Å². The Morgan fingerprint density at radius 3 is 0.768 bits per heavy atom. The summed E-state index contributed by atoms with van der Waals surface area (Å²) < 4.78 is 0. The van der Waals surface area contributed by atoms with Crippen LogP contribution in [0.1, 0.15) is 228 Å². The highest BCUT2D eigenvalue weighted by Crippen LogP contribution is 2.15. The number of hydrogen-bond donors (Lipinski definition) is 7. The standard InChI is InChI=1S/C18H36O2.3C8H16O2.C3H8O3/c1-2-3-4-5-6-7-8-9-10-11-12-13-14-15-16-17-18(19)20;3*1-3-5-6-7(4-2)8(9)10;4-1-3(6)2-5/h2-17H2,1H3,(H,19,20);3*7H,3-6H2,1-2H3,(H,9,10);3-6H,1-2H2. The lowest BCUT2D eigenvalue weighted by Crippen LogP contribution is -2.15. The van der Waals surface area contributed by atoms with Crippen LogP contribution in [0.3, 0.4) is 0 Å². The number of unbranched alkanes of at least 4 members (excludes halogenated alkanes) is 17. The van der Waals surface area contributed by atoms with Crippen LogP contribution in [-0.2, 0) is 19.2 Å². The van der Waals surface area contributed by atoms with Gasteiger partial charge in [0.15, 0.2) is 0 Å². The molecule has 0 aromatic carbocycles. The van der Waals surface area contributed by atoms with Gasteiger partial charge in [-0.25, -0.2) is 0 Å². The van der Waals surface area contributed by atoms with Crippen LogP contribution in [0.4, 0.5) is 0 Å². The highest BCUT2D eigenvalue weighted by atomic mass is 16.4. The monoisotopic (exact) mass is 809 g/mol. The third-order valence-corrected chi connectivity index (χ3v) is 9.66. The average Bonchev–Trinajstić information content (AvgIpc) is 3.17. The maximum Gasteiger partial charge on any atom is 0.306 e. The predicted octanol–water partition coefficient (Wildman–Crippen LogP) is 11.5. The number of carbonyl (C=O) groups is 4. The summed E-state index contributed by atoms with van der Waals surface area (Å²) in [7, 11) is 0. The molecule has 0 aromatic heterocycles. The Kier molecular flexibility index (Phi) is 59.3. The first-order valence-corrected chi connectivity index (χ1v) is 22.5. The Balaban J connectivity index is -0.000000207. The van der Waals surface area contributed by atoms with Gasteiger partial charge in [-0.2, -0.15) is 0 Å². The second-order valence-electron chi connectivity index (χ2n) is 14.9. The SMILES string of the molecule is CCCCC(CC)C(=O)O.CCCCC(CC)C(=O)O.CCCCC(CC)C(=O)O.CCCCCCCCCCCCCCCCCC(=O)O.OCC(O)CO. The Hall–Kier alpha value is -2.24. The molecule has 0 radical (unpaired) electrons. The van der Waals surface area contributed by atoms with E-state index >= 15 is 0 Å². The van der Waals surface area contributed by atoms with Gasteiger partial charge in [0.05, 0.1) is 31.0 Å². The fraction of sp³-hybridized carbons (Fsp3) is 0.911. The summed E-state index contributed by atoms with van der Waals surface area (Å²) in [6.45, 7) is 13.5. The molecule has 0 saturated heterocycles. The molecular weight excluding hydrogens is 716 g/mol. The number of rotatable bonds is 33. The normalized spacial score (nSPS) is 11.9. The number of aliphatic hydroxyl groups excluding tert-OH is 3.